The highest BCUT2D eigenvalue weighted by molar-refractivity contribution is 9.10. The lowest BCUT2D eigenvalue weighted by atomic mass is 10.1. The third-order valence-electron chi connectivity index (χ3n) is 3.50. The van der Waals surface area contributed by atoms with Crippen molar-refractivity contribution in [2.45, 2.75) is 25.4 Å². The van der Waals surface area contributed by atoms with E-state index in [0.29, 0.717) is 5.92 Å². The van der Waals surface area contributed by atoms with Crippen LogP contribution in [0.3, 0.4) is 0 Å². The van der Waals surface area contributed by atoms with Gasteiger partial charge in [0.25, 0.3) is 0 Å². The Morgan fingerprint density at radius 2 is 2.17 bits per heavy atom. The largest absolute Gasteiger partial charge is 0.329 e. The normalized spacial score (nSPS) is 16.8. The molecule has 1 aliphatic carbocycles. The summed E-state index contributed by atoms with van der Waals surface area (Å²) in [5.41, 5.74) is 8.48. The van der Waals surface area contributed by atoms with Crippen molar-refractivity contribution in [3.8, 4) is 11.3 Å². The fourth-order valence-electron chi connectivity index (χ4n) is 2.26. The van der Waals surface area contributed by atoms with Gasteiger partial charge in [-0.3, -0.25) is 0 Å². The number of benzene rings is 1. The predicted molar refractivity (Wildman–Crippen MR) is 76.1 cm³/mol. The quantitative estimate of drug-likeness (QED) is 0.943. The average Bonchev–Trinajstić information content (AvgIpc) is 3.12. The number of hydrogen-bond acceptors (Lipinski definition) is 2. The molecule has 1 saturated carbocycles. The van der Waals surface area contributed by atoms with Crippen LogP contribution in [0.25, 0.3) is 11.3 Å². The molecule has 0 amide bonds. The lowest BCUT2D eigenvalue weighted by molar-refractivity contribution is 0.505. The number of hydrogen-bond donors (Lipinski definition) is 1. The summed E-state index contributed by atoms with van der Waals surface area (Å²) in [6.45, 7) is 0.849. The van der Waals surface area contributed by atoms with Crippen LogP contribution in [0.15, 0.2) is 41.3 Å². The number of halogens is 1. The van der Waals surface area contributed by atoms with Crippen LogP contribution >= 0.6 is 15.9 Å². The first-order chi connectivity index (χ1) is 8.75. The topological polar surface area (TPSA) is 43.8 Å². The van der Waals surface area contributed by atoms with E-state index in [-0.39, 0.29) is 6.04 Å². The van der Waals surface area contributed by atoms with E-state index in [0.717, 1.165) is 22.3 Å². The molecule has 2 aromatic rings. The maximum atomic E-state index is 6.19. The second-order valence-corrected chi connectivity index (χ2v) is 5.77. The van der Waals surface area contributed by atoms with Crippen LogP contribution in [0.5, 0.6) is 0 Å². The Morgan fingerprint density at radius 1 is 1.39 bits per heavy atom. The maximum absolute atomic E-state index is 6.19. The third kappa shape index (κ3) is 2.35. The maximum Gasteiger partial charge on any atom is 0.0951 e. The number of nitrogens with two attached hydrogens (primary N) is 1. The molecule has 1 heterocycles. The summed E-state index contributed by atoms with van der Waals surface area (Å²) in [5.74, 6) is 0.708. The standard InChI is InChI=1S/C14H16BrN3/c15-12-4-2-1-3-11(12)14-7-17-9-18(14)8-13(16)10-5-6-10/h1-4,7,9-10,13H,5-6,8,16H2. The van der Waals surface area contributed by atoms with E-state index >= 15 is 0 Å². The Hall–Kier alpha value is -1.13. The lowest BCUT2D eigenvalue weighted by Gasteiger charge is -2.14. The van der Waals surface area contributed by atoms with Gasteiger partial charge in [-0.2, -0.15) is 0 Å². The Morgan fingerprint density at radius 3 is 2.89 bits per heavy atom. The molecule has 1 aromatic carbocycles. The molecule has 4 heteroatoms. The average molecular weight is 306 g/mol. The Labute approximate surface area is 115 Å². The number of nitrogens with zero attached hydrogens (tertiary/aromatic N) is 2. The van der Waals surface area contributed by atoms with Crippen LogP contribution in [0.2, 0.25) is 0 Å². The van der Waals surface area contributed by atoms with Crippen molar-refractivity contribution in [3.63, 3.8) is 0 Å². The Balaban J connectivity index is 1.89. The Kier molecular flexibility index (Phi) is 3.22. The molecule has 0 bridgehead atoms. The highest BCUT2D eigenvalue weighted by Crippen LogP contribution is 2.33. The van der Waals surface area contributed by atoms with Crippen LogP contribution in [0.4, 0.5) is 0 Å². The second kappa shape index (κ2) is 4.86. The molecule has 18 heavy (non-hydrogen) atoms. The number of rotatable bonds is 4. The van der Waals surface area contributed by atoms with Gasteiger partial charge in [0.2, 0.25) is 0 Å². The monoisotopic (exact) mass is 305 g/mol. The molecule has 94 valence electrons. The molecule has 1 aliphatic rings. The van der Waals surface area contributed by atoms with E-state index < -0.39 is 0 Å². The van der Waals surface area contributed by atoms with E-state index in [1.54, 1.807) is 0 Å². The first-order valence-corrected chi connectivity index (χ1v) is 7.05. The van der Waals surface area contributed by atoms with Crippen molar-refractivity contribution >= 4 is 15.9 Å². The minimum Gasteiger partial charge on any atom is -0.329 e. The fourth-order valence-corrected chi connectivity index (χ4v) is 2.75. The lowest BCUT2D eigenvalue weighted by Crippen LogP contribution is -2.28. The molecule has 0 saturated heterocycles. The number of imidazole rings is 1. The second-order valence-electron chi connectivity index (χ2n) is 4.91. The van der Waals surface area contributed by atoms with E-state index in [4.69, 9.17) is 5.73 Å². The fraction of sp³-hybridized carbons (Fsp3) is 0.357. The van der Waals surface area contributed by atoms with Gasteiger partial charge in [-0.25, -0.2) is 4.98 Å². The van der Waals surface area contributed by atoms with E-state index in [1.165, 1.54) is 12.8 Å². The van der Waals surface area contributed by atoms with Crippen LogP contribution in [-0.2, 0) is 6.54 Å². The van der Waals surface area contributed by atoms with Crippen molar-refractivity contribution in [3.05, 3.63) is 41.3 Å². The predicted octanol–water partition coefficient (Wildman–Crippen LogP) is 3.05. The molecule has 3 rings (SSSR count). The van der Waals surface area contributed by atoms with Crippen molar-refractivity contribution in [1.82, 2.24) is 9.55 Å². The summed E-state index contributed by atoms with van der Waals surface area (Å²) in [6.07, 6.45) is 6.33. The first kappa shape index (κ1) is 11.9. The van der Waals surface area contributed by atoms with Gasteiger partial charge >= 0.3 is 0 Å². The van der Waals surface area contributed by atoms with Crippen LogP contribution in [-0.4, -0.2) is 15.6 Å². The zero-order valence-corrected chi connectivity index (χ0v) is 11.7. The zero-order chi connectivity index (χ0) is 12.5. The molecule has 0 radical (unpaired) electrons. The van der Waals surface area contributed by atoms with Crippen molar-refractivity contribution in [2.75, 3.05) is 0 Å². The van der Waals surface area contributed by atoms with E-state index in [1.807, 2.05) is 30.7 Å². The summed E-state index contributed by atoms with van der Waals surface area (Å²) in [5, 5.41) is 0. The van der Waals surface area contributed by atoms with Crippen LogP contribution in [0, 0.1) is 5.92 Å². The molecule has 1 atom stereocenters. The van der Waals surface area contributed by atoms with Crippen molar-refractivity contribution < 1.29 is 0 Å². The molecule has 1 fully saturated rings. The van der Waals surface area contributed by atoms with Gasteiger partial charge < -0.3 is 10.3 Å². The van der Waals surface area contributed by atoms with Gasteiger partial charge in [0, 0.05) is 22.6 Å². The zero-order valence-electron chi connectivity index (χ0n) is 10.1. The van der Waals surface area contributed by atoms with Crippen LogP contribution < -0.4 is 5.73 Å². The van der Waals surface area contributed by atoms with Gasteiger partial charge in [0.1, 0.15) is 0 Å². The van der Waals surface area contributed by atoms with Gasteiger partial charge in [-0.15, -0.1) is 0 Å². The van der Waals surface area contributed by atoms with Crippen molar-refractivity contribution in [2.24, 2.45) is 11.7 Å². The molecule has 2 N–H and O–H groups in total. The molecule has 0 spiro atoms. The highest BCUT2D eigenvalue weighted by atomic mass is 79.9. The molecule has 1 aromatic heterocycles. The van der Waals surface area contributed by atoms with Gasteiger partial charge in [-0.05, 0) is 24.8 Å². The van der Waals surface area contributed by atoms with Gasteiger partial charge in [0.15, 0.2) is 0 Å². The first-order valence-electron chi connectivity index (χ1n) is 6.26. The molecule has 1 unspecified atom stereocenters. The number of aromatic nitrogens is 2. The molecular formula is C14H16BrN3. The molecule has 3 nitrogen and oxygen atoms in total. The van der Waals surface area contributed by atoms with E-state index in [2.05, 4.69) is 31.5 Å². The van der Waals surface area contributed by atoms with Gasteiger partial charge in [0.05, 0.1) is 18.2 Å². The van der Waals surface area contributed by atoms with Crippen molar-refractivity contribution in [1.29, 1.82) is 0 Å². The van der Waals surface area contributed by atoms with E-state index in [9.17, 15) is 0 Å². The minimum atomic E-state index is 0.250. The van der Waals surface area contributed by atoms with Crippen LogP contribution in [0.1, 0.15) is 12.8 Å². The summed E-state index contributed by atoms with van der Waals surface area (Å²) < 4.78 is 3.25. The third-order valence-corrected chi connectivity index (χ3v) is 4.19. The Bertz CT molecular complexity index is 545. The summed E-state index contributed by atoms with van der Waals surface area (Å²) in [6, 6.07) is 8.45. The minimum absolute atomic E-state index is 0.250. The molecule has 0 aliphatic heterocycles. The summed E-state index contributed by atoms with van der Waals surface area (Å²) in [7, 11) is 0. The molecular weight excluding hydrogens is 290 g/mol. The SMILES string of the molecule is NC(Cn1cncc1-c1ccccc1Br)C1CC1. The summed E-state index contributed by atoms with van der Waals surface area (Å²) >= 11 is 3.59. The van der Waals surface area contributed by atoms with Gasteiger partial charge in [-0.1, -0.05) is 34.1 Å². The smallest absolute Gasteiger partial charge is 0.0951 e. The summed E-state index contributed by atoms with van der Waals surface area (Å²) in [4.78, 5) is 4.26. The highest BCUT2D eigenvalue weighted by Gasteiger charge is 2.28.